The first-order valence-corrected chi connectivity index (χ1v) is 5.87. The predicted octanol–water partition coefficient (Wildman–Crippen LogP) is 1.07. The Labute approximate surface area is 115 Å². The van der Waals surface area contributed by atoms with Crippen molar-refractivity contribution in [2.75, 3.05) is 5.73 Å². The average molecular weight is 274 g/mol. The van der Waals surface area contributed by atoms with Crippen LogP contribution in [0.4, 0.5) is 10.6 Å². The molecule has 2 aromatic rings. The minimum Gasteiger partial charge on any atom is -0.444 e. The van der Waals surface area contributed by atoms with Crippen molar-refractivity contribution in [3.63, 3.8) is 0 Å². The molecular formula is C13H14N4O3. The summed E-state index contributed by atoms with van der Waals surface area (Å²) in [6.45, 7) is 0.0860. The van der Waals surface area contributed by atoms with E-state index >= 15 is 0 Å². The second-order valence-corrected chi connectivity index (χ2v) is 4.12. The second kappa shape index (κ2) is 5.87. The number of aryl methyl sites for hydroxylation is 1. The number of anilines is 1. The highest BCUT2D eigenvalue weighted by molar-refractivity contribution is 6.00. The van der Waals surface area contributed by atoms with E-state index < -0.39 is 12.0 Å². The first kappa shape index (κ1) is 13.6. The number of carbonyl (C=O) groups is 2. The van der Waals surface area contributed by atoms with Crippen LogP contribution in [-0.2, 0) is 18.4 Å². The van der Waals surface area contributed by atoms with Crippen LogP contribution in [-0.4, -0.2) is 21.6 Å². The Morgan fingerprint density at radius 3 is 2.65 bits per heavy atom. The number of imidazole rings is 1. The number of hydrogen-bond donors (Lipinski definition) is 2. The molecular weight excluding hydrogens is 260 g/mol. The van der Waals surface area contributed by atoms with Gasteiger partial charge in [0.1, 0.15) is 12.4 Å². The van der Waals surface area contributed by atoms with Crippen molar-refractivity contribution in [3.8, 4) is 0 Å². The quantitative estimate of drug-likeness (QED) is 0.872. The third-order valence-electron chi connectivity index (χ3n) is 2.53. The van der Waals surface area contributed by atoms with Gasteiger partial charge in [-0.15, -0.1) is 0 Å². The monoisotopic (exact) mass is 274 g/mol. The largest absolute Gasteiger partial charge is 0.444 e. The highest BCUT2D eigenvalue weighted by atomic mass is 16.5. The number of rotatable bonds is 3. The number of carbonyl (C=O) groups excluding carboxylic acids is 2. The molecule has 0 radical (unpaired) electrons. The average Bonchev–Trinajstić information content (AvgIpc) is 2.77. The van der Waals surface area contributed by atoms with Crippen LogP contribution in [0.3, 0.4) is 0 Å². The van der Waals surface area contributed by atoms with Crippen LogP contribution in [0.1, 0.15) is 16.2 Å². The maximum atomic E-state index is 11.7. The Hall–Kier alpha value is -2.83. The van der Waals surface area contributed by atoms with Gasteiger partial charge in [0.05, 0.1) is 0 Å². The second-order valence-electron chi connectivity index (χ2n) is 4.12. The third-order valence-corrected chi connectivity index (χ3v) is 2.53. The Bertz CT molecular complexity index is 622. The molecule has 1 aromatic carbocycles. The number of benzene rings is 1. The molecule has 3 N–H and O–H groups in total. The molecule has 0 aliphatic rings. The van der Waals surface area contributed by atoms with Crippen molar-refractivity contribution < 1.29 is 14.3 Å². The number of nitrogen functional groups attached to an aromatic ring is 1. The number of hydrogen-bond acceptors (Lipinski definition) is 5. The topological polar surface area (TPSA) is 99.2 Å². The van der Waals surface area contributed by atoms with Gasteiger partial charge in [0.15, 0.2) is 0 Å². The zero-order chi connectivity index (χ0) is 14.5. The van der Waals surface area contributed by atoms with E-state index in [1.54, 1.807) is 7.05 Å². The van der Waals surface area contributed by atoms with Crippen molar-refractivity contribution in [1.29, 1.82) is 0 Å². The van der Waals surface area contributed by atoms with E-state index in [2.05, 4.69) is 10.3 Å². The molecule has 1 aromatic heterocycles. The van der Waals surface area contributed by atoms with E-state index in [0.29, 0.717) is 0 Å². The molecule has 2 amide bonds. The molecule has 20 heavy (non-hydrogen) atoms. The summed E-state index contributed by atoms with van der Waals surface area (Å²) in [5, 5.41) is 2.08. The van der Waals surface area contributed by atoms with Gasteiger partial charge in [0.2, 0.25) is 5.82 Å². The van der Waals surface area contributed by atoms with Crippen molar-refractivity contribution in [3.05, 3.63) is 47.9 Å². The first-order valence-electron chi connectivity index (χ1n) is 5.87. The van der Waals surface area contributed by atoms with E-state index in [9.17, 15) is 9.59 Å². The molecule has 0 bridgehead atoms. The number of nitrogens with two attached hydrogens (primary N) is 1. The SMILES string of the molecule is Cn1cc(N)nc1C(=O)NC(=O)OCc1ccccc1. The summed E-state index contributed by atoms with van der Waals surface area (Å²) in [4.78, 5) is 27.0. The Morgan fingerprint density at radius 1 is 1.35 bits per heavy atom. The van der Waals surface area contributed by atoms with E-state index in [-0.39, 0.29) is 18.2 Å². The molecule has 104 valence electrons. The number of ether oxygens (including phenoxy) is 1. The van der Waals surface area contributed by atoms with Crippen molar-refractivity contribution in [1.82, 2.24) is 14.9 Å². The van der Waals surface area contributed by atoms with Gasteiger partial charge in [0, 0.05) is 13.2 Å². The number of amides is 2. The number of nitrogens with one attached hydrogen (secondary N) is 1. The smallest absolute Gasteiger partial charge is 0.414 e. The van der Waals surface area contributed by atoms with Crippen LogP contribution in [0.2, 0.25) is 0 Å². The molecule has 7 nitrogen and oxygen atoms in total. The lowest BCUT2D eigenvalue weighted by molar-refractivity contribution is 0.0900. The van der Waals surface area contributed by atoms with E-state index in [1.165, 1.54) is 10.8 Å². The van der Waals surface area contributed by atoms with Gasteiger partial charge >= 0.3 is 6.09 Å². The van der Waals surface area contributed by atoms with Gasteiger partial charge in [-0.05, 0) is 5.56 Å². The van der Waals surface area contributed by atoms with Gasteiger partial charge in [-0.25, -0.2) is 9.78 Å². The molecule has 0 atom stereocenters. The number of imide groups is 1. The summed E-state index contributed by atoms with van der Waals surface area (Å²) in [6.07, 6.45) is 0.643. The molecule has 0 unspecified atom stereocenters. The molecule has 0 fully saturated rings. The third kappa shape index (κ3) is 3.35. The zero-order valence-corrected chi connectivity index (χ0v) is 10.9. The van der Waals surface area contributed by atoms with Crippen LogP contribution in [0.25, 0.3) is 0 Å². The van der Waals surface area contributed by atoms with Crippen LogP contribution in [0.5, 0.6) is 0 Å². The lowest BCUT2D eigenvalue weighted by Crippen LogP contribution is -2.32. The van der Waals surface area contributed by atoms with Crippen LogP contribution in [0.15, 0.2) is 36.5 Å². The molecule has 2 rings (SSSR count). The summed E-state index contributed by atoms with van der Waals surface area (Å²) < 4.78 is 6.35. The molecule has 0 aliphatic carbocycles. The fourth-order valence-electron chi connectivity index (χ4n) is 1.61. The summed E-state index contributed by atoms with van der Waals surface area (Å²) in [7, 11) is 1.60. The number of aromatic nitrogens is 2. The molecule has 0 spiro atoms. The van der Waals surface area contributed by atoms with Gasteiger partial charge in [-0.3, -0.25) is 10.1 Å². The van der Waals surface area contributed by atoms with Gasteiger partial charge < -0.3 is 15.0 Å². The molecule has 0 saturated carbocycles. The predicted molar refractivity (Wildman–Crippen MR) is 71.7 cm³/mol. The maximum absolute atomic E-state index is 11.7. The summed E-state index contributed by atoms with van der Waals surface area (Å²) in [6, 6.07) is 9.15. The molecule has 0 aliphatic heterocycles. The highest BCUT2D eigenvalue weighted by Crippen LogP contribution is 2.03. The standard InChI is InChI=1S/C13H14N4O3/c1-17-7-10(14)15-11(17)12(18)16-13(19)20-8-9-5-3-2-4-6-9/h2-7H,8,14H2,1H3,(H,16,18,19). The fraction of sp³-hybridized carbons (Fsp3) is 0.154. The van der Waals surface area contributed by atoms with Crippen LogP contribution in [0, 0.1) is 0 Å². The highest BCUT2D eigenvalue weighted by Gasteiger charge is 2.16. The summed E-state index contributed by atoms with van der Waals surface area (Å²) in [5.74, 6) is -0.420. The van der Waals surface area contributed by atoms with Gasteiger partial charge in [-0.1, -0.05) is 30.3 Å². The lowest BCUT2D eigenvalue weighted by atomic mass is 10.2. The molecule has 1 heterocycles. The van der Waals surface area contributed by atoms with Gasteiger partial charge in [-0.2, -0.15) is 0 Å². The van der Waals surface area contributed by atoms with Crippen LogP contribution >= 0.6 is 0 Å². The first-order chi connectivity index (χ1) is 9.56. The molecule has 0 saturated heterocycles. The normalized spacial score (nSPS) is 10.1. The van der Waals surface area contributed by atoms with Gasteiger partial charge in [0.25, 0.3) is 5.91 Å². The fourth-order valence-corrected chi connectivity index (χ4v) is 1.61. The Kier molecular flexibility index (Phi) is 3.99. The summed E-state index contributed by atoms with van der Waals surface area (Å²) >= 11 is 0. The zero-order valence-electron chi connectivity index (χ0n) is 10.9. The van der Waals surface area contributed by atoms with Crippen molar-refractivity contribution in [2.24, 2.45) is 7.05 Å². The van der Waals surface area contributed by atoms with Crippen LogP contribution < -0.4 is 11.1 Å². The Balaban J connectivity index is 1.88. The number of alkyl carbamates (subject to hydrolysis) is 1. The lowest BCUT2D eigenvalue weighted by Gasteiger charge is -2.06. The Morgan fingerprint density at radius 2 is 2.05 bits per heavy atom. The summed E-state index contributed by atoms with van der Waals surface area (Å²) in [5.41, 5.74) is 6.28. The molecule has 7 heteroatoms. The minimum atomic E-state index is -0.833. The van der Waals surface area contributed by atoms with E-state index in [1.807, 2.05) is 30.3 Å². The van der Waals surface area contributed by atoms with E-state index in [0.717, 1.165) is 5.56 Å². The number of nitrogens with zero attached hydrogens (tertiary/aromatic N) is 2. The minimum absolute atomic E-state index is 0.0409. The van der Waals surface area contributed by atoms with Crippen molar-refractivity contribution >= 4 is 17.8 Å². The van der Waals surface area contributed by atoms with Crippen molar-refractivity contribution in [2.45, 2.75) is 6.61 Å². The van der Waals surface area contributed by atoms with E-state index in [4.69, 9.17) is 10.5 Å². The maximum Gasteiger partial charge on any atom is 0.414 e.